The summed E-state index contributed by atoms with van der Waals surface area (Å²) in [5, 5.41) is 3.57. The van der Waals surface area contributed by atoms with E-state index >= 15 is 0 Å². The van der Waals surface area contributed by atoms with Gasteiger partial charge in [-0.05, 0) is 29.8 Å². The monoisotopic (exact) mass is 247 g/mol. The molecule has 0 bridgehead atoms. The van der Waals surface area contributed by atoms with Crippen LogP contribution in [-0.4, -0.2) is 22.7 Å². The topological polar surface area (TPSA) is 91.2 Å². The molecule has 0 aliphatic carbocycles. The summed E-state index contributed by atoms with van der Waals surface area (Å²) in [5.74, 6) is -0.402. The van der Waals surface area contributed by atoms with Crippen LogP contribution < -0.4 is 5.73 Å². The zero-order chi connectivity index (χ0) is 13.0. The molecule has 0 radical (unpaired) electrons. The highest BCUT2D eigenvalue weighted by Crippen LogP contribution is 2.18. The predicted molar refractivity (Wildman–Crippen MR) is 63.6 cm³/mol. The van der Waals surface area contributed by atoms with Crippen LogP contribution in [0.15, 0.2) is 28.8 Å². The molecule has 0 fully saturated rings. The van der Waals surface area contributed by atoms with E-state index in [1.54, 1.807) is 6.92 Å². The Hall–Kier alpha value is -2.21. The van der Waals surface area contributed by atoms with Crippen molar-refractivity contribution in [3.05, 3.63) is 35.7 Å². The highest BCUT2D eigenvalue weighted by atomic mass is 16.5. The van der Waals surface area contributed by atoms with Gasteiger partial charge >= 0.3 is 5.97 Å². The number of aromatic nitrogens is 2. The fourth-order valence-corrected chi connectivity index (χ4v) is 1.45. The summed E-state index contributed by atoms with van der Waals surface area (Å²) in [6, 6.07) is 7.38. The molecule has 0 atom stereocenters. The smallest absolute Gasteiger partial charge is 0.379 e. The average Bonchev–Trinajstić information content (AvgIpc) is 2.89. The molecule has 2 aromatic rings. The van der Waals surface area contributed by atoms with Crippen LogP contribution in [0.5, 0.6) is 0 Å². The van der Waals surface area contributed by atoms with Crippen molar-refractivity contribution >= 4 is 5.97 Å². The van der Waals surface area contributed by atoms with Crippen LogP contribution in [0, 0.1) is 0 Å². The van der Waals surface area contributed by atoms with Crippen LogP contribution in [0.2, 0.25) is 0 Å². The second-order valence-electron chi connectivity index (χ2n) is 3.55. The molecule has 6 heteroatoms. The molecule has 18 heavy (non-hydrogen) atoms. The maximum atomic E-state index is 11.4. The van der Waals surface area contributed by atoms with Crippen LogP contribution in [0.3, 0.4) is 0 Å². The first kappa shape index (κ1) is 12.3. The van der Waals surface area contributed by atoms with Gasteiger partial charge in [0.2, 0.25) is 0 Å². The van der Waals surface area contributed by atoms with Crippen molar-refractivity contribution in [2.75, 3.05) is 6.61 Å². The summed E-state index contributed by atoms with van der Waals surface area (Å²) in [6.07, 6.45) is 0. The molecule has 0 aliphatic heterocycles. The quantitative estimate of drug-likeness (QED) is 0.820. The molecule has 0 spiro atoms. The number of hydrogen-bond donors (Lipinski definition) is 1. The molecule has 2 N–H and O–H groups in total. The van der Waals surface area contributed by atoms with Crippen LogP contribution in [0.4, 0.5) is 0 Å². The molecule has 0 saturated carbocycles. The van der Waals surface area contributed by atoms with Gasteiger partial charge in [0.1, 0.15) is 0 Å². The lowest BCUT2D eigenvalue weighted by Crippen LogP contribution is -2.06. The van der Waals surface area contributed by atoms with E-state index in [2.05, 4.69) is 10.1 Å². The number of carbonyl (C=O) groups excluding carboxylic acids is 1. The summed E-state index contributed by atoms with van der Waals surface area (Å²) in [5.41, 5.74) is 7.22. The van der Waals surface area contributed by atoms with E-state index < -0.39 is 5.97 Å². The van der Waals surface area contributed by atoms with Crippen molar-refractivity contribution in [3.63, 3.8) is 0 Å². The zero-order valence-electron chi connectivity index (χ0n) is 9.92. The number of benzene rings is 1. The van der Waals surface area contributed by atoms with Gasteiger partial charge in [-0.15, -0.1) is 0 Å². The minimum Gasteiger partial charge on any atom is -0.460 e. The van der Waals surface area contributed by atoms with Gasteiger partial charge in [-0.25, -0.2) is 4.79 Å². The van der Waals surface area contributed by atoms with Crippen LogP contribution in [0.1, 0.15) is 23.1 Å². The minimum atomic E-state index is -0.595. The highest BCUT2D eigenvalue weighted by Gasteiger charge is 2.16. The third-order valence-electron chi connectivity index (χ3n) is 2.29. The molecule has 6 nitrogen and oxygen atoms in total. The summed E-state index contributed by atoms with van der Waals surface area (Å²) >= 11 is 0. The highest BCUT2D eigenvalue weighted by molar-refractivity contribution is 5.85. The first-order chi connectivity index (χ1) is 8.74. The van der Waals surface area contributed by atoms with E-state index in [9.17, 15) is 4.79 Å². The Morgan fingerprint density at radius 3 is 3.06 bits per heavy atom. The van der Waals surface area contributed by atoms with Gasteiger partial charge in [0.25, 0.3) is 11.7 Å². The Balaban J connectivity index is 2.26. The van der Waals surface area contributed by atoms with Crippen LogP contribution >= 0.6 is 0 Å². The molecule has 0 unspecified atom stereocenters. The van der Waals surface area contributed by atoms with Crippen molar-refractivity contribution in [2.45, 2.75) is 13.5 Å². The van der Waals surface area contributed by atoms with E-state index in [0.29, 0.717) is 6.54 Å². The van der Waals surface area contributed by atoms with E-state index in [1.807, 2.05) is 24.3 Å². The second kappa shape index (κ2) is 5.42. The van der Waals surface area contributed by atoms with Gasteiger partial charge < -0.3 is 15.0 Å². The third kappa shape index (κ3) is 2.54. The van der Waals surface area contributed by atoms with Crippen molar-refractivity contribution in [2.24, 2.45) is 5.73 Å². The molecular weight excluding hydrogens is 234 g/mol. The number of ether oxygens (including phenoxy) is 1. The first-order valence-electron chi connectivity index (χ1n) is 5.54. The Morgan fingerprint density at radius 1 is 1.50 bits per heavy atom. The summed E-state index contributed by atoms with van der Waals surface area (Å²) in [6.45, 7) is 2.40. The molecule has 1 heterocycles. The molecule has 94 valence electrons. The number of nitrogens with two attached hydrogens (primary N) is 1. The van der Waals surface area contributed by atoms with Crippen molar-refractivity contribution in [1.29, 1.82) is 0 Å². The third-order valence-corrected chi connectivity index (χ3v) is 2.29. The fraction of sp³-hybridized carbons (Fsp3) is 0.250. The van der Waals surface area contributed by atoms with Crippen LogP contribution in [-0.2, 0) is 11.3 Å². The van der Waals surface area contributed by atoms with Gasteiger partial charge in [0.15, 0.2) is 0 Å². The number of nitrogens with zero attached hydrogens (tertiary/aromatic N) is 2. The van der Waals surface area contributed by atoms with Crippen LogP contribution in [0.25, 0.3) is 11.5 Å². The first-order valence-corrected chi connectivity index (χ1v) is 5.54. The van der Waals surface area contributed by atoms with E-state index in [1.165, 1.54) is 0 Å². The Kier molecular flexibility index (Phi) is 3.69. The van der Waals surface area contributed by atoms with Crippen molar-refractivity contribution in [1.82, 2.24) is 10.1 Å². The average molecular weight is 247 g/mol. The van der Waals surface area contributed by atoms with Crippen molar-refractivity contribution < 1.29 is 14.1 Å². The normalized spacial score (nSPS) is 10.3. The van der Waals surface area contributed by atoms with E-state index in [-0.39, 0.29) is 18.3 Å². The lowest BCUT2D eigenvalue weighted by Gasteiger charge is -1.98. The molecule has 0 amide bonds. The largest absolute Gasteiger partial charge is 0.460 e. The molecule has 0 saturated heterocycles. The SMILES string of the molecule is CCOC(=O)c1noc(-c2cccc(CN)c2)n1. The van der Waals surface area contributed by atoms with Gasteiger partial charge in [-0.3, -0.25) is 0 Å². The lowest BCUT2D eigenvalue weighted by atomic mass is 10.1. The Bertz CT molecular complexity index is 551. The number of esters is 1. The van der Waals surface area contributed by atoms with Gasteiger partial charge in [0, 0.05) is 12.1 Å². The maximum Gasteiger partial charge on any atom is 0.379 e. The summed E-state index contributed by atoms with van der Waals surface area (Å²) in [4.78, 5) is 15.4. The van der Waals surface area contributed by atoms with Gasteiger partial charge in [-0.2, -0.15) is 4.98 Å². The van der Waals surface area contributed by atoms with Gasteiger partial charge in [0.05, 0.1) is 6.61 Å². The zero-order valence-corrected chi connectivity index (χ0v) is 9.92. The lowest BCUT2D eigenvalue weighted by molar-refractivity contribution is 0.0508. The minimum absolute atomic E-state index is 0.0787. The fourth-order valence-electron chi connectivity index (χ4n) is 1.45. The van der Waals surface area contributed by atoms with Gasteiger partial charge in [-0.1, -0.05) is 12.1 Å². The number of rotatable bonds is 4. The van der Waals surface area contributed by atoms with E-state index in [4.69, 9.17) is 15.0 Å². The summed E-state index contributed by atoms with van der Waals surface area (Å²) in [7, 11) is 0. The number of carbonyl (C=O) groups is 1. The standard InChI is InChI=1S/C12H13N3O3/c1-2-17-12(16)10-14-11(18-15-10)9-5-3-4-8(6-9)7-13/h3-6H,2,7,13H2,1H3. The molecule has 1 aromatic heterocycles. The number of hydrogen-bond acceptors (Lipinski definition) is 6. The molecule has 1 aromatic carbocycles. The molecule has 0 aliphatic rings. The van der Waals surface area contributed by atoms with E-state index in [0.717, 1.165) is 11.1 Å². The Morgan fingerprint density at radius 2 is 2.33 bits per heavy atom. The van der Waals surface area contributed by atoms with Crippen molar-refractivity contribution in [3.8, 4) is 11.5 Å². The molecule has 2 rings (SSSR count). The maximum absolute atomic E-state index is 11.4. The molecular formula is C12H13N3O3. The Labute approximate surface area is 104 Å². The summed E-state index contributed by atoms with van der Waals surface area (Å²) < 4.78 is 9.79. The second-order valence-corrected chi connectivity index (χ2v) is 3.55. The predicted octanol–water partition coefficient (Wildman–Crippen LogP) is 1.37.